The van der Waals surface area contributed by atoms with Gasteiger partial charge in [0.05, 0.1) is 11.3 Å². The minimum absolute atomic E-state index is 0.108. The van der Waals surface area contributed by atoms with E-state index in [4.69, 9.17) is 0 Å². The number of nitrogens with zero attached hydrogens (tertiary/aromatic N) is 2. The van der Waals surface area contributed by atoms with Crippen molar-refractivity contribution < 1.29 is 31.8 Å². The summed E-state index contributed by atoms with van der Waals surface area (Å²) >= 11 is 0. The first kappa shape index (κ1) is 25.9. The van der Waals surface area contributed by atoms with Gasteiger partial charge in [-0.1, -0.05) is 30.3 Å². The molecule has 2 heterocycles. The number of aryl methyl sites for hydroxylation is 1. The number of sulfonamides is 1. The Morgan fingerprint density at radius 2 is 1.72 bits per heavy atom. The smallest absolute Gasteiger partial charge is 0.368 e. The molecule has 1 aromatic carbocycles. The molecule has 36 heavy (non-hydrogen) atoms. The highest BCUT2D eigenvalue weighted by Crippen LogP contribution is 2.38. The second-order valence-electron chi connectivity index (χ2n) is 8.70. The Morgan fingerprint density at radius 3 is 2.39 bits per heavy atom. The summed E-state index contributed by atoms with van der Waals surface area (Å²) in [5, 5.41) is 21.5. The predicted octanol–water partition coefficient (Wildman–Crippen LogP) is 4.16. The van der Waals surface area contributed by atoms with E-state index in [0.29, 0.717) is 24.8 Å². The molecule has 12 heteroatoms. The molecule has 0 spiro atoms. The lowest BCUT2D eigenvalue weighted by atomic mass is 10.0. The number of rotatable bonds is 7. The number of alkyl halides is 3. The van der Waals surface area contributed by atoms with Gasteiger partial charge in [-0.25, -0.2) is 9.97 Å². The van der Waals surface area contributed by atoms with Crippen molar-refractivity contribution in [3.63, 3.8) is 0 Å². The van der Waals surface area contributed by atoms with Crippen molar-refractivity contribution in [2.75, 3.05) is 10.0 Å². The minimum atomic E-state index is -4.69. The Morgan fingerprint density at radius 1 is 0.972 bits per heavy atom. The van der Waals surface area contributed by atoms with Gasteiger partial charge in [-0.05, 0) is 56.0 Å². The summed E-state index contributed by atoms with van der Waals surface area (Å²) in [5.41, 5.74) is -0.574. The number of nitrogens with one attached hydrogen (secondary N) is 2. The van der Waals surface area contributed by atoms with E-state index in [9.17, 15) is 31.8 Å². The molecule has 1 fully saturated rings. The molecule has 1 saturated carbocycles. The first-order valence-corrected chi connectivity index (χ1v) is 12.7. The molecule has 2 aromatic heterocycles. The third kappa shape index (κ3) is 5.77. The Hall–Kier alpha value is -3.22. The first-order chi connectivity index (χ1) is 16.9. The molecule has 0 radical (unpaired) electrons. The SMILES string of the molecule is Cc1ccccc1-c1nc(NS(=O)(=O)c2cccc(NC3CCC(C(O)O)C3)n2)ccc1C(F)(F)F. The molecular formula is C24H25F3N4O4S. The first-order valence-electron chi connectivity index (χ1n) is 11.2. The van der Waals surface area contributed by atoms with Crippen LogP contribution < -0.4 is 10.0 Å². The zero-order valence-corrected chi connectivity index (χ0v) is 20.0. The zero-order chi connectivity index (χ0) is 26.1. The van der Waals surface area contributed by atoms with Crippen LogP contribution in [0.25, 0.3) is 11.3 Å². The number of anilines is 2. The number of halogens is 3. The summed E-state index contributed by atoms with van der Waals surface area (Å²) in [6, 6.07) is 12.4. The average molecular weight is 523 g/mol. The largest absolute Gasteiger partial charge is 0.418 e. The molecule has 1 aliphatic rings. The Balaban J connectivity index is 1.60. The Bertz CT molecular complexity index is 1350. The summed E-state index contributed by atoms with van der Waals surface area (Å²) in [6.07, 6.45) is -4.34. The Labute approximate surface area is 206 Å². The molecule has 1 aliphatic carbocycles. The molecule has 192 valence electrons. The van der Waals surface area contributed by atoms with Crippen molar-refractivity contribution in [2.45, 2.75) is 49.7 Å². The van der Waals surface area contributed by atoms with E-state index in [1.807, 2.05) is 0 Å². The van der Waals surface area contributed by atoms with Crippen molar-refractivity contribution in [1.29, 1.82) is 0 Å². The van der Waals surface area contributed by atoms with Crippen LogP contribution in [-0.4, -0.2) is 40.9 Å². The zero-order valence-electron chi connectivity index (χ0n) is 19.2. The molecule has 4 rings (SSSR count). The molecule has 2 atom stereocenters. The lowest BCUT2D eigenvalue weighted by Gasteiger charge is -2.17. The molecule has 8 nitrogen and oxygen atoms in total. The monoisotopic (exact) mass is 522 g/mol. The second kappa shape index (κ2) is 10.0. The van der Waals surface area contributed by atoms with E-state index in [2.05, 4.69) is 20.0 Å². The summed E-state index contributed by atoms with van der Waals surface area (Å²) < 4.78 is 69.2. The Kier molecular flexibility index (Phi) is 7.21. The fourth-order valence-corrected chi connectivity index (χ4v) is 5.22. The number of hydrogen-bond donors (Lipinski definition) is 4. The van der Waals surface area contributed by atoms with Crippen LogP contribution in [0.4, 0.5) is 24.8 Å². The van der Waals surface area contributed by atoms with Crippen molar-refractivity contribution in [2.24, 2.45) is 5.92 Å². The normalized spacial score (nSPS) is 18.4. The quantitative estimate of drug-likeness (QED) is 0.344. The number of benzene rings is 1. The van der Waals surface area contributed by atoms with Gasteiger partial charge in [-0.2, -0.15) is 21.6 Å². The van der Waals surface area contributed by atoms with Crippen molar-refractivity contribution in [3.05, 3.63) is 65.7 Å². The lowest BCUT2D eigenvalue weighted by Crippen LogP contribution is -2.22. The summed E-state index contributed by atoms with van der Waals surface area (Å²) in [7, 11) is -4.28. The van der Waals surface area contributed by atoms with Crippen LogP contribution in [0, 0.1) is 12.8 Å². The van der Waals surface area contributed by atoms with E-state index in [0.717, 1.165) is 12.1 Å². The standard InChI is InChI=1S/C24H25F3N4O4S/c1-14-5-2-3-6-17(14)22-18(24(25,26)27)11-12-20(30-22)31-36(34,35)21-8-4-7-19(29-21)28-16-10-9-15(13-16)23(32)33/h2-8,11-12,15-16,23,32-33H,9-10,13H2,1H3,(H,28,29)(H,30,31). The molecule has 0 amide bonds. The summed E-state index contributed by atoms with van der Waals surface area (Å²) in [6.45, 7) is 1.64. The number of hydrogen-bond acceptors (Lipinski definition) is 7. The van der Waals surface area contributed by atoms with Crippen LogP contribution in [-0.2, 0) is 16.2 Å². The molecule has 0 aliphatic heterocycles. The van der Waals surface area contributed by atoms with E-state index >= 15 is 0 Å². The topological polar surface area (TPSA) is 124 Å². The van der Waals surface area contributed by atoms with Crippen LogP contribution in [0.2, 0.25) is 0 Å². The van der Waals surface area contributed by atoms with Gasteiger partial charge in [0.15, 0.2) is 11.3 Å². The maximum atomic E-state index is 13.7. The van der Waals surface area contributed by atoms with E-state index in [-0.39, 0.29) is 39.9 Å². The van der Waals surface area contributed by atoms with E-state index in [1.54, 1.807) is 31.2 Å². The van der Waals surface area contributed by atoms with Crippen LogP contribution in [0.3, 0.4) is 0 Å². The maximum absolute atomic E-state index is 13.7. The molecule has 3 aromatic rings. The molecular weight excluding hydrogens is 497 g/mol. The highest BCUT2D eigenvalue weighted by atomic mass is 32.2. The van der Waals surface area contributed by atoms with Crippen molar-refractivity contribution in [1.82, 2.24) is 9.97 Å². The van der Waals surface area contributed by atoms with Gasteiger partial charge in [0.25, 0.3) is 10.0 Å². The van der Waals surface area contributed by atoms with Gasteiger partial charge in [0.2, 0.25) is 0 Å². The van der Waals surface area contributed by atoms with Gasteiger partial charge in [0, 0.05) is 17.5 Å². The van der Waals surface area contributed by atoms with Crippen LogP contribution in [0.1, 0.15) is 30.4 Å². The van der Waals surface area contributed by atoms with Crippen LogP contribution in [0.5, 0.6) is 0 Å². The maximum Gasteiger partial charge on any atom is 0.418 e. The third-order valence-electron chi connectivity index (χ3n) is 6.09. The number of aliphatic hydroxyl groups excluding tert-OH is 1. The number of aromatic nitrogens is 2. The highest BCUT2D eigenvalue weighted by Gasteiger charge is 2.35. The van der Waals surface area contributed by atoms with Gasteiger partial charge in [-0.3, -0.25) is 4.72 Å². The van der Waals surface area contributed by atoms with Crippen LogP contribution in [0.15, 0.2) is 59.6 Å². The predicted molar refractivity (Wildman–Crippen MR) is 127 cm³/mol. The highest BCUT2D eigenvalue weighted by molar-refractivity contribution is 7.92. The molecule has 2 unspecified atom stereocenters. The molecule has 0 bridgehead atoms. The minimum Gasteiger partial charge on any atom is -0.368 e. The fraction of sp³-hybridized carbons (Fsp3) is 0.333. The number of pyridine rings is 2. The van der Waals surface area contributed by atoms with Gasteiger partial charge in [-0.15, -0.1) is 0 Å². The second-order valence-corrected chi connectivity index (χ2v) is 10.3. The lowest BCUT2D eigenvalue weighted by molar-refractivity contribution is -0.137. The van der Waals surface area contributed by atoms with Crippen LogP contribution >= 0.6 is 0 Å². The summed E-state index contributed by atoms with van der Waals surface area (Å²) in [5.74, 6) is -0.279. The molecule has 0 saturated heterocycles. The fourth-order valence-electron chi connectivity index (χ4n) is 4.25. The average Bonchev–Trinajstić information content (AvgIpc) is 3.27. The third-order valence-corrected chi connectivity index (χ3v) is 7.34. The summed E-state index contributed by atoms with van der Waals surface area (Å²) in [4.78, 5) is 8.14. The van der Waals surface area contributed by atoms with Crippen molar-refractivity contribution >= 4 is 21.7 Å². The van der Waals surface area contributed by atoms with Crippen molar-refractivity contribution in [3.8, 4) is 11.3 Å². The van der Waals surface area contributed by atoms with Gasteiger partial charge in [0.1, 0.15) is 11.6 Å². The van der Waals surface area contributed by atoms with Gasteiger partial charge >= 0.3 is 6.18 Å². The van der Waals surface area contributed by atoms with E-state index < -0.39 is 28.1 Å². The van der Waals surface area contributed by atoms with E-state index in [1.165, 1.54) is 18.2 Å². The number of aliphatic hydroxyl groups is 2. The van der Waals surface area contributed by atoms with Gasteiger partial charge < -0.3 is 15.5 Å². The molecule has 4 N–H and O–H groups in total.